The van der Waals surface area contributed by atoms with E-state index in [0.29, 0.717) is 6.42 Å². The summed E-state index contributed by atoms with van der Waals surface area (Å²) in [6, 6.07) is 4.61. The summed E-state index contributed by atoms with van der Waals surface area (Å²) in [4.78, 5) is 0. The van der Waals surface area contributed by atoms with E-state index in [1.54, 1.807) is 12.1 Å². The highest BCUT2D eigenvalue weighted by atomic mass is 19.3. The van der Waals surface area contributed by atoms with Crippen molar-refractivity contribution in [1.29, 1.82) is 0 Å². The minimum Gasteiger partial charge on any atom is -0.496 e. The molecule has 0 aromatic heterocycles. The fraction of sp³-hybridized carbons (Fsp3) is 0.300. The molecule has 1 nitrogen and oxygen atoms in total. The van der Waals surface area contributed by atoms with Gasteiger partial charge in [-0.3, -0.25) is 0 Å². The zero-order chi connectivity index (χ0) is 9.84. The standard InChI is InChI=1S/C10H11F2O/c1-3-7-4-5-8(10(11)12)9(6-7)13-2/h4-6,10H,1,3H2,2H3. The van der Waals surface area contributed by atoms with E-state index in [9.17, 15) is 8.78 Å². The third-order valence-corrected chi connectivity index (χ3v) is 1.82. The lowest BCUT2D eigenvalue weighted by Crippen LogP contribution is -1.93. The number of ether oxygens (including phenoxy) is 1. The van der Waals surface area contributed by atoms with Crippen molar-refractivity contribution in [2.45, 2.75) is 12.8 Å². The van der Waals surface area contributed by atoms with E-state index in [4.69, 9.17) is 4.74 Å². The summed E-state index contributed by atoms with van der Waals surface area (Å²) in [5, 5.41) is 0. The Morgan fingerprint density at radius 2 is 2.15 bits per heavy atom. The minimum atomic E-state index is -2.49. The van der Waals surface area contributed by atoms with Crippen molar-refractivity contribution in [2.75, 3.05) is 7.11 Å². The lowest BCUT2D eigenvalue weighted by Gasteiger charge is -2.08. The maximum Gasteiger partial charge on any atom is 0.267 e. The molecule has 0 aliphatic rings. The second-order valence-corrected chi connectivity index (χ2v) is 2.63. The molecule has 1 aromatic carbocycles. The highest BCUT2D eigenvalue weighted by Crippen LogP contribution is 2.29. The van der Waals surface area contributed by atoms with E-state index in [-0.39, 0.29) is 11.3 Å². The van der Waals surface area contributed by atoms with Crippen LogP contribution in [0, 0.1) is 6.92 Å². The molecule has 0 bridgehead atoms. The van der Waals surface area contributed by atoms with Crippen LogP contribution >= 0.6 is 0 Å². The molecule has 0 aliphatic heterocycles. The van der Waals surface area contributed by atoms with Crippen LogP contribution in [0.3, 0.4) is 0 Å². The first-order chi connectivity index (χ1) is 6.19. The van der Waals surface area contributed by atoms with Crippen LogP contribution in [0.2, 0.25) is 0 Å². The van der Waals surface area contributed by atoms with E-state index in [0.717, 1.165) is 5.56 Å². The fourth-order valence-corrected chi connectivity index (χ4v) is 1.09. The Kier molecular flexibility index (Phi) is 3.23. The Hall–Kier alpha value is -1.12. The molecule has 0 atom stereocenters. The maximum atomic E-state index is 12.4. The van der Waals surface area contributed by atoms with Crippen molar-refractivity contribution >= 4 is 0 Å². The van der Waals surface area contributed by atoms with Gasteiger partial charge in [0.2, 0.25) is 0 Å². The number of rotatable bonds is 3. The minimum absolute atomic E-state index is 0.0697. The first-order valence-corrected chi connectivity index (χ1v) is 3.93. The summed E-state index contributed by atoms with van der Waals surface area (Å²) in [7, 11) is 1.38. The summed E-state index contributed by atoms with van der Waals surface area (Å²) < 4.78 is 29.6. The van der Waals surface area contributed by atoms with Gasteiger partial charge in [-0.05, 0) is 31.0 Å². The highest BCUT2D eigenvalue weighted by molar-refractivity contribution is 5.38. The third-order valence-electron chi connectivity index (χ3n) is 1.82. The number of hydrogen-bond donors (Lipinski definition) is 0. The first-order valence-electron chi connectivity index (χ1n) is 3.93. The van der Waals surface area contributed by atoms with Crippen molar-refractivity contribution in [3.8, 4) is 5.75 Å². The third kappa shape index (κ3) is 2.17. The van der Waals surface area contributed by atoms with Crippen LogP contribution in [-0.2, 0) is 6.42 Å². The molecule has 1 aromatic rings. The summed E-state index contributed by atoms with van der Waals surface area (Å²) >= 11 is 0. The molecule has 0 aliphatic carbocycles. The highest BCUT2D eigenvalue weighted by Gasteiger charge is 2.13. The van der Waals surface area contributed by atoms with Gasteiger partial charge in [-0.2, -0.15) is 0 Å². The van der Waals surface area contributed by atoms with E-state index in [2.05, 4.69) is 6.92 Å². The van der Waals surface area contributed by atoms with Gasteiger partial charge in [-0.25, -0.2) is 8.78 Å². The average molecular weight is 185 g/mol. The summed E-state index contributed by atoms with van der Waals surface area (Å²) in [5.74, 6) is 0.233. The average Bonchev–Trinajstić information content (AvgIpc) is 2.16. The van der Waals surface area contributed by atoms with Crippen LogP contribution in [0.4, 0.5) is 8.78 Å². The summed E-state index contributed by atoms with van der Waals surface area (Å²) in [6.45, 7) is 3.66. The molecule has 0 N–H and O–H groups in total. The Bertz CT molecular complexity index is 284. The zero-order valence-corrected chi connectivity index (χ0v) is 7.39. The van der Waals surface area contributed by atoms with Crippen molar-refractivity contribution in [2.24, 2.45) is 0 Å². The molecule has 0 spiro atoms. The van der Waals surface area contributed by atoms with Crippen LogP contribution in [0.1, 0.15) is 17.6 Å². The molecule has 0 saturated carbocycles. The monoisotopic (exact) mass is 185 g/mol. The number of halogens is 2. The Labute approximate surface area is 76.3 Å². The second-order valence-electron chi connectivity index (χ2n) is 2.63. The van der Waals surface area contributed by atoms with Crippen molar-refractivity contribution in [1.82, 2.24) is 0 Å². The Morgan fingerprint density at radius 3 is 2.62 bits per heavy atom. The van der Waals surface area contributed by atoms with Gasteiger partial charge in [0.1, 0.15) is 5.75 Å². The van der Waals surface area contributed by atoms with Crippen molar-refractivity contribution in [3.63, 3.8) is 0 Å². The van der Waals surface area contributed by atoms with E-state index >= 15 is 0 Å². The summed E-state index contributed by atoms with van der Waals surface area (Å²) in [5.41, 5.74) is 0.820. The quantitative estimate of drug-likeness (QED) is 0.703. The molecule has 0 amide bonds. The lowest BCUT2D eigenvalue weighted by atomic mass is 10.1. The molecule has 0 saturated heterocycles. The SMILES string of the molecule is [CH2]Cc1ccc(C(F)F)c(OC)c1. The molecule has 1 rings (SSSR count). The summed E-state index contributed by atoms with van der Waals surface area (Å²) in [6.07, 6.45) is -1.92. The molecule has 3 heteroatoms. The molecule has 0 unspecified atom stereocenters. The van der Waals surface area contributed by atoms with Gasteiger partial charge in [0.15, 0.2) is 0 Å². The molecule has 13 heavy (non-hydrogen) atoms. The topological polar surface area (TPSA) is 9.23 Å². The molecular weight excluding hydrogens is 174 g/mol. The first kappa shape index (κ1) is 9.96. The molecular formula is C10H11F2O. The van der Waals surface area contributed by atoms with Gasteiger partial charge in [0.05, 0.1) is 12.7 Å². The van der Waals surface area contributed by atoms with Crippen molar-refractivity contribution in [3.05, 3.63) is 36.2 Å². The van der Waals surface area contributed by atoms with Crippen LogP contribution in [0.15, 0.2) is 18.2 Å². The van der Waals surface area contributed by atoms with Gasteiger partial charge >= 0.3 is 0 Å². The Balaban J connectivity index is 3.08. The number of benzene rings is 1. The second kappa shape index (κ2) is 4.21. The fourth-order valence-electron chi connectivity index (χ4n) is 1.09. The largest absolute Gasteiger partial charge is 0.496 e. The van der Waals surface area contributed by atoms with Crippen LogP contribution in [-0.4, -0.2) is 7.11 Å². The normalized spacial score (nSPS) is 10.5. The van der Waals surface area contributed by atoms with Crippen LogP contribution in [0.25, 0.3) is 0 Å². The van der Waals surface area contributed by atoms with E-state index < -0.39 is 6.43 Å². The predicted octanol–water partition coefficient (Wildman–Crippen LogP) is 3.01. The smallest absolute Gasteiger partial charge is 0.267 e. The molecule has 0 heterocycles. The van der Waals surface area contributed by atoms with Gasteiger partial charge < -0.3 is 4.74 Å². The Morgan fingerprint density at radius 1 is 1.46 bits per heavy atom. The molecule has 1 radical (unpaired) electrons. The van der Waals surface area contributed by atoms with Crippen LogP contribution < -0.4 is 4.74 Å². The van der Waals surface area contributed by atoms with Gasteiger partial charge in [-0.1, -0.05) is 6.07 Å². The van der Waals surface area contributed by atoms with E-state index in [1.165, 1.54) is 13.2 Å². The van der Waals surface area contributed by atoms with Gasteiger partial charge in [0, 0.05) is 0 Å². The zero-order valence-electron chi connectivity index (χ0n) is 7.39. The lowest BCUT2D eigenvalue weighted by molar-refractivity contribution is 0.147. The van der Waals surface area contributed by atoms with E-state index in [1.807, 2.05) is 0 Å². The van der Waals surface area contributed by atoms with Gasteiger partial charge in [0.25, 0.3) is 6.43 Å². The predicted molar refractivity (Wildman–Crippen MR) is 47.0 cm³/mol. The maximum absolute atomic E-state index is 12.4. The number of hydrogen-bond acceptors (Lipinski definition) is 1. The molecule has 71 valence electrons. The number of alkyl halides is 2. The van der Waals surface area contributed by atoms with Crippen molar-refractivity contribution < 1.29 is 13.5 Å². The van der Waals surface area contributed by atoms with Crippen LogP contribution in [0.5, 0.6) is 5.75 Å². The van der Waals surface area contributed by atoms with Gasteiger partial charge in [-0.15, -0.1) is 0 Å². The number of methoxy groups -OCH3 is 1. The molecule has 0 fully saturated rings.